The summed E-state index contributed by atoms with van der Waals surface area (Å²) in [6.45, 7) is 1.64. The third-order valence-corrected chi connectivity index (χ3v) is 2.26. The standard InChI is InChI=1S/C10H10N2O2.ClH/c1-7(10(13)14)12-6-11-8-4-2-3-5-9(8)12;/h2-7H,1H3,(H,13,14);1H/p-1. The van der Waals surface area contributed by atoms with Crippen molar-refractivity contribution in [3.63, 3.8) is 0 Å². The van der Waals surface area contributed by atoms with Gasteiger partial charge >= 0.3 is 5.97 Å². The Hall–Kier alpha value is -1.55. The lowest BCUT2D eigenvalue weighted by atomic mass is 10.3. The van der Waals surface area contributed by atoms with Crippen LogP contribution in [0.25, 0.3) is 11.0 Å². The molecule has 0 aliphatic heterocycles. The van der Waals surface area contributed by atoms with Crippen LogP contribution in [0.2, 0.25) is 0 Å². The molecule has 0 saturated carbocycles. The largest absolute Gasteiger partial charge is 1.00 e. The number of aliphatic carboxylic acids is 1. The number of imidazole rings is 1. The Kier molecular flexibility index (Phi) is 3.31. The summed E-state index contributed by atoms with van der Waals surface area (Å²) < 4.78 is 1.65. The maximum absolute atomic E-state index is 10.8. The van der Waals surface area contributed by atoms with E-state index in [1.807, 2.05) is 24.3 Å². The van der Waals surface area contributed by atoms with Gasteiger partial charge in [-0.3, -0.25) is 0 Å². The summed E-state index contributed by atoms with van der Waals surface area (Å²) in [7, 11) is 0. The minimum absolute atomic E-state index is 0. The van der Waals surface area contributed by atoms with Gasteiger partial charge in [0.1, 0.15) is 6.04 Å². The van der Waals surface area contributed by atoms with Crippen LogP contribution < -0.4 is 12.4 Å². The first kappa shape index (κ1) is 11.5. The Morgan fingerprint density at radius 2 is 2.13 bits per heavy atom. The van der Waals surface area contributed by atoms with Crippen LogP contribution in [0.5, 0.6) is 0 Å². The average molecular weight is 226 g/mol. The SMILES string of the molecule is CC(C(=O)O)n1cnc2ccccc21.[Cl-]. The molecule has 0 radical (unpaired) electrons. The second-order valence-electron chi connectivity index (χ2n) is 3.15. The fraction of sp³-hybridized carbons (Fsp3) is 0.200. The smallest absolute Gasteiger partial charge is 0.326 e. The summed E-state index contributed by atoms with van der Waals surface area (Å²) in [6, 6.07) is 6.89. The zero-order valence-electron chi connectivity index (χ0n) is 8.09. The average Bonchev–Trinajstić information content (AvgIpc) is 2.60. The number of carboxylic acids is 1. The molecule has 4 nitrogen and oxygen atoms in total. The third-order valence-electron chi connectivity index (χ3n) is 2.26. The lowest BCUT2D eigenvalue weighted by Crippen LogP contribution is -3.00. The first-order chi connectivity index (χ1) is 6.70. The van der Waals surface area contributed by atoms with Crippen LogP contribution in [0.15, 0.2) is 30.6 Å². The van der Waals surface area contributed by atoms with Crippen molar-refractivity contribution in [3.05, 3.63) is 30.6 Å². The van der Waals surface area contributed by atoms with Crippen molar-refractivity contribution in [2.45, 2.75) is 13.0 Å². The minimum atomic E-state index is -0.854. The van der Waals surface area contributed by atoms with Gasteiger partial charge in [-0.1, -0.05) is 12.1 Å². The number of carbonyl (C=O) groups is 1. The maximum Gasteiger partial charge on any atom is 0.326 e. The third kappa shape index (κ3) is 1.94. The Balaban J connectivity index is 0.00000112. The van der Waals surface area contributed by atoms with Gasteiger partial charge < -0.3 is 22.1 Å². The van der Waals surface area contributed by atoms with Crippen molar-refractivity contribution in [3.8, 4) is 0 Å². The van der Waals surface area contributed by atoms with Gasteiger partial charge in [0.25, 0.3) is 0 Å². The first-order valence-corrected chi connectivity index (χ1v) is 4.34. The number of halogens is 1. The number of hydrogen-bond donors (Lipinski definition) is 1. The molecule has 0 bridgehead atoms. The summed E-state index contributed by atoms with van der Waals surface area (Å²) in [5.74, 6) is -0.854. The van der Waals surface area contributed by atoms with Crippen LogP contribution >= 0.6 is 0 Å². The molecular formula is C10H10ClN2O2-. The monoisotopic (exact) mass is 225 g/mol. The molecule has 0 fully saturated rings. The summed E-state index contributed by atoms with van der Waals surface area (Å²) in [4.78, 5) is 14.9. The molecule has 1 N–H and O–H groups in total. The van der Waals surface area contributed by atoms with E-state index in [4.69, 9.17) is 5.11 Å². The molecule has 0 aliphatic rings. The fourth-order valence-electron chi connectivity index (χ4n) is 1.41. The van der Waals surface area contributed by atoms with Gasteiger partial charge in [0.15, 0.2) is 0 Å². The van der Waals surface area contributed by atoms with Gasteiger partial charge in [0, 0.05) is 0 Å². The molecule has 80 valence electrons. The van der Waals surface area contributed by atoms with Crippen molar-refractivity contribution in [1.82, 2.24) is 9.55 Å². The minimum Gasteiger partial charge on any atom is -1.00 e. The molecule has 1 aromatic heterocycles. The molecular weight excluding hydrogens is 216 g/mol. The molecule has 0 saturated heterocycles. The molecule has 1 aromatic carbocycles. The molecule has 0 spiro atoms. The van der Waals surface area contributed by atoms with Gasteiger partial charge in [-0.25, -0.2) is 9.78 Å². The number of carboxylic acid groups (broad SMARTS) is 1. The molecule has 1 atom stereocenters. The van der Waals surface area contributed by atoms with Crippen LogP contribution in [0.1, 0.15) is 13.0 Å². The van der Waals surface area contributed by atoms with E-state index < -0.39 is 12.0 Å². The summed E-state index contributed by atoms with van der Waals surface area (Å²) >= 11 is 0. The Labute approximate surface area is 93.0 Å². The number of aromatic nitrogens is 2. The van der Waals surface area contributed by atoms with Crippen molar-refractivity contribution < 1.29 is 22.3 Å². The normalized spacial score (nSPS) is 12.1. The van der Waals surface area contributed by atoms with Crippen molar-refractivity contribution in [2.24, 2.45) is 0 Å². The van der Waals surface area contributed by atoms with E-state index >= 15 is 0 Å². The van der Waals surface area contributed by atoms with Crippen LogP contribution in [0, 0.1) is 0 Å². The highest BCUT2D eigenvalue weighted by atomic mass is 35.5. The lowest BCUT2D eigenvalue weighted by molar-refractivity contribution is -0.140. The van der Waals surface area contributed by atoms with Gasteiger partial charge in [-0.15, -0.1) is 0 Å². The summed E-state index contributed by atoms with van der Waals surface area (Å²) in [5, 5.41) is 8.86. The summed E-state index contributed by atoms with van der Waals surface area (Å²) in [5.41, 5.74) is 1.67. The van der Waals surface area contributed by atoms with Gasteiger partial charge in [-0.2, -0.15) is 0 Å². The lowest BCUT2D eigenvalue weighted by Gasteiger charge is -2.08. The highest BCUT2D eigenvalue weighted by Gasteiger charge is 2.14. The second kappa shape index (κ2) is 4.31. The zero-order chi connectivity index (χ0) is 10.1. The Morgan fingerprint density at radius 3 is 2.80 bits per heavy atom. The molecule has 5 heteroatoms. The van der Waals surface area contributed by atoms with E-state index in [0.29, 0.717) is 0 Å². The fourth-order valence-corrected chi connectivity index (χ4v) is 1.41. The number of benzene rings is 1. The Morgan fingerprint density at radius 1 is 1.47 bits per heavy atom. The number of para-hydroxylation sites is 2. The molecule has 0 amide bonds. The molecule has 1 unspecified atom stereocenters. The zero-order valence-corrected chi connectivity index (χ0v) is 8.85. The van der Waals surface area contributed by atoms with Gasteiger partial charge in [-0.05, 0) is 19.1 Å². The predicted molar refractivity (Wildman–Crippen MR) is 52.1 cm³/mol. The predicted octanol–water partition coefficient (Wildman–Crippen LogP) is -1.31. The van der Waals surface area contributed by atoms with Crippen molar-refractivity contribution >= 4 is 17.0 Å². The highest BCUT2D eigenvalue weighted by Crippen LogP contribution is 2.16. The quantitative estimate of drug-likeness (QED) is 0.690. The van der Waals surface area contributed by atoms with E-state index in [1.54, 1.807) is 17.8 Å². The second-order valence-corrected chi connectivity index (χ2v) is 3.15. The topological polar surface area (TPSA) is 55.1 Å². The van der Waals surface area contributed by atoms with Crippen LogP contribution in [0.4, 0.5) is 0 Å². The van der Waals surface area contributed by atoms with Gasteiger partial charge in [0.05, 0.1) is 17.4 Å². The molecule has 0 aliphatic carbocycles. The molecule has 1 heterocycles. The number of fused-ring (bicyclic) bond motifs is 1. The first-order valence-electron chi connectivity index (χ1n) is 4.34. The van der Waals surface area contributed by atoms with E-state index in [2.05, 4.69) is 4.98 Å². The molecule has 15 heavy (non-hydrogen) atoms. The summed E-state index contributed by atoms with van der Waals surface area (Å²) in [6.07, 6.45) is 1.56. The van der Waals surface area contributed by atoms with Crippen molar-refractivity contribution in [1.29, 1.82) is 0 Å². The van der Waals surface area contributed by atoms with Crippen LogP contribution in [0.3, 0.4) is 0 Å². The maximum atomic E-state index is 10.8. The highest BCUT2D eigenvalue weighted by molar-refractivity contribution is 5.79. The van der Waals surface area contributed by atoms with E-state index in [1.165, 1.54) is 0 Å². The van der Waals surface area contributed by atoms with E-state index in [-0.39, 0.29) is 12.4 Å². The van der Waals surface area contributed by atoms with E-state index in [9.17, 15) is 4.79 Å². The van der Waals surface area contributed by atoms with E-state index in [0.717, 1.165) is 11.0 Å². The number of hydrogen-bond acceptors (Lipinski definition) is 2. The van der Waals surface area contributed by atoms with Crippen molar-refractivity contribution in [2.75, 3.05) is 0 Å². The molecule has 2 aromatic rings. The van der Waals surface area contributed by atoms with Gasteiger partial charge in [0.2, 0.25) is 0 Å². The Bertz CT molecular complexity index is 481. The van der Waals surface area contributed by atoms with Crippen LogP contribution in [-0.4, -0.2) is 20.6 Å². The number of rotatable bonds is 2. The molecule has 2 rings (SSSR count). The number of nitrogens with zero attached hydrogens (tertiary/aromatic N) is 2. The van der Waals surface area contributed by atoms with Crippen LogP contribution in [-0.2, 0) is 4.79 Å².